The standard InChI is InChI=1S/C14H13BrN2O3S/c1-9-5-6-10(7-13(9)15)14(18)17-11-3-2-4-12(8-11)21(16,19)20/h2-8H,1H3,(H,17,18)(H2,16,19,20). The highest BCUT2D eigenvalue weighted by atomic mass is 79.9. The zero-order valence-corrected chi connectivity index (χ0v) is 13.5. The first-order valence-corrected chi connectivity index (χ1v) is 8.31. The summed E-state index contributed by atoms with van der Waals surface area (Å²) in [6, 6.07) is 11.0. The van der Waals surface area contributed by atoms with Crippen LogP contribution in [0.4, 0.5) is 5.69 Å². The fourth-order valence-corrected chi connectivity index (χ4v) is 2.63. The molecule has 0 bridgehead atoms. The number of amides is 1. The molecule has 5 nitrogen and oxygen atoms in total. The van der Waals surface area contributed by atoms with E-state index in [-0.39, 0.29) is 10.8 Å². The Morgan fingerprint density at radius 1 is 1.19 bits per heavy atom. The number of hydrogen-bond acceptors (Lipinski definition) is 3. The number of hydrogen-bond donors (Lipinski definition) is 2. The summed E-state index contributed by atoms with van der Waals surface area (Å²) in [7, 11) is -3.80. The highest BCUT2D eigenvalue weighted by molar-refractivity contribution is 9.10. The largest absolute Gasteiger partial charge is 0.322 e. The van der Waals surface area contributed by atoms with Crippen molar-refractivity contribution in [3.63, 3.8) is 0 Å². The van der Waals surface area contributed by atoms with E-state index >= 15 is 0 Å². The lowest BCUT2D eigenvalue weighted by Crippen LogP contribution is -2.14. The Labute approximate surface area is 131 Å². The number of nitrogens with one attached hydrogen (secondary N) is 1. The number of benzene rings is 2. The van der Waals surface area contributed by atoms with Crippen molar-refractivity contribution in [2.24, 2.45) is 5.14 Å². The quantitative estimate of drug-likeness (QED) is 0.872. The predicted molar refractivity (Wildman–Crippen MR) is 84.6 cm³/mol. The normalized spacial score (nSPS) is 11.2. The Morgan fingerprint density at radius 2 is 1.90 bits per heavy atom. The molecule has 0 saturated heterocycles. The van der Waals surface area contributed by atoms with E-state index in [1.54, 1.807) is 18.2 Å². The van der Waals surface area contributed by atoms with E-state index in [1.165, 1.54) is 18.2 Å². The van der Waals surface area contributed by atoms with Crippen LogP contribution in [0, 0.1) is 6.92 Å². The van der Waals surface area contributed by atoms with Gasteiger partial charge in [-0.25, -0.2) is 13.6 Å². The maximum atomic E-state index is 12.1. The molecular formula is C14H13BrN2O3S. The SMILES string of the molecule is Cc1ccc(C(=O)Nc2cccc(S(N)(=O)=O)c2)cc1Br. The molecule has 110 valence electrons. The third kappa shape index (κ3) is 3.90. The maximum absolute atomic E-state index is 12.1. The van der Waals surface area contributed by atoms with E-state index < -0.39 is 10.0 Å². The molecule has 2 aromatic carbocycles. The molecule has 0 atom stereocenters. The Kier molecular flexibility index (Phi) is 4.46. The first-order chi connectivity index (χ1) is 9.77. The summed E-state index contributed by atoms with van der Waals surface area (Å²) in [5.74, 6) is -0.331. The highest BCUT2D eigenvalue weighted by Crippen LogP contribution is 2.19. The first kappa shape index (κ1) is 15.7. The summed E-state index contributed by atoms with van der Waals surface area (Å²) in [5.41, 5.74) is 1.85. The molecule has 0 aliphatic carbocycles. The zero-order valence-electron chi connectivity index (χ0n) is 11.1. The third-order valence-corrected chi connectivity index (χ3v) is 4.62. The van der Waals surface area contributed by atoms with Gasteiger partial charge in [0.15, 0.2) is 0 Å². The van der Waals surface area contributed by atoms with Gasteiger partial charge in [0.25, 0.3) is 5.91 Å². The number of rotatable bonds is 3. The van der Waals surface area contributed by atoms with Crippen LogP contribution in [0.1, 0.15) is 15.9 Å². The van der Waals surface area contributed by atoms with E-state index in [0.29, 0.717) is 11.3 Å². The van der Waals surface area contributed by atoms with Crippen molar-refractivity contribution in [3.05, 3.63) is 58.1 Å². The van der Waals surface area contributed by atoms with E-state index in [9.17, 15) is 13.2 Å². The smallest absolute Gasteiger partial charge is 0.255 e. The number of primary sulfonamides is 1. The Morgan fingerprint density at radius 3 is 2.52 bits per heavy atom. The zero-order chi connectivity index (χ0) is 15.6. The molecule has 1 amide bonds. The van der Waals surface area contributed by atoms with E-state index in [1.807, 2.05) is 13.0 Å². The van der Waals surface area contributed by atoms with Gasteiger partial charge in [-0.15, -0.1) is 0 Å². The minimum Gasteiger partial charge on any atom is -0.322 e. The minimum atomic E-state index is -3.80. The molecule has 0 spiro atoms. The second-order valence-corrected chi connectivity index (χ2v) is 6.91. The lowest BCUT2D eigenvalue weighted by atomic mass is 10.1. The second-order valence-electron chi connectivity index (χ2n) is 4.49. The number of nitrogens with two attached hydrogens (primary N) is 1. The summed E-state index contributed by atoms with van der Waals surface area (Å²) in [5, 5.41) is 7.70. The number of carbonyl (C=O) groups is 1. The van der Waals surface area contributed by atoms with Gasteiger partial charge in [0.2, 0.25) is 10.0 Å². The van der Waals surface area contributed by atoms with Crippen LogP contribution in [0.15, 0.2) is 51.8 Å². The van der Waals surface area contributed by atoms with Crippen LogP contribution < -0.4 is 10.5 Å². The van der Waals surface area contributed by atoms with Crippen LogP contribution >= 0.6 is 15.9 Å². The van der Waals surface area contributed by atoms with Gasteiger partial charge in [-0.1, -0.05) is 28.1 Å². The fourth-order valence-electron chi connectivity index (χ4n) is 1.69. The molecule has 3 N–H and O–H groups in total. The van der Waals surface area contributed by atoms with E-state index in [0.717, 1.165) is 10.0 Å². The number of halogens is 1. The van der Waals surface area contributed by atoms with Crippen LogP contribution in [0.25, 0.3) is 0 Å². The van der Waals surface area contributed by atoms with Crippen molar-refractivity contribution >= 4 is 37.5 Å². The Balaban J connectivity index is 2.25. The number of sulfonamides is 1. The molecular weight excluding hydrogens is 356 g/mol. The molecule has 0 heterocycles. The summed E-state index contributed by atoms with van der Waals surface area (Å²) >= 11 is 3.36. The summed E-state index contributed by atoms with van der Waals surface area (Å²) < 4.78 is 23.4. The van der Waals surface area contributed by atoms with Crippen molar-refractivity contribution in [3.8, 4) is 0 Å². The Hall–Kier alpha value is -1.70. The van der Waals surface area contributed by atoms with Gasteiger partial charge < -0.3 is 5.32 Å². The van der Waals surface area contributed by atoms with Crippen LogP contribution in [0.2, 0.25) is 0 Å². The lowest BCUT2D eigenvalue weighted by molar-refractivity contribution is 0.102. The molecule has 21 heavy (non-hydrogen) atoms. The van der Waals surface area contributed by atoms with Gasteiger partial charge in [0.1, 0.15) is 0 Å². The maximum Gasteiger partial charge on any atom is 0.255 e. The van der Waals surface area contributed by atoms with Gasteiger partial charge >= 0.3 is 0 Å². The van der Waals surface area contributed by atoms with Crippen LogP contribution in [0.3, 0.4) is 0 Å². The number of carbonyl (C=O) groups excluding carboxylic acids is 1. The molecule has 0 unspecified atom stereocenters. The number of anilines is 1. The summed E-state index contributed by atoms with van der Waals surface area (Å²) in [6.45, 7) is 1.92. The molecule has 2 aromatic rings. The van der Waals surface area contributed by atoms with Gasteiger partial charge in [0, 0.05) is 15.7 Å². The second kappa shape index (κ2) is 5.97. The molecule has 0 aliphatic heterocycles. The highest BCUT2D eigenvalue weighted by Gasteiger charge is 2.11. The van der Waals surface area contributed by atoms with Crippen LogP contribution in [0.5, 0.6) is 0 Å². The molecule has 0 aromatic heterocycles. The summed E-state index contributed by atoms with van der Waals surface area (Å²) in [4.78, 5) is 12.1. The topological polar surface area (TPSA) is 89.3 Å². The molecule has 0 aliphatic rings. The van der Waals surface area contributed by atoms with E-state index in [4.69, 9.17) is 5.14 Å². The molecule has 7 heteroatoms. The molecule has 0 fully saturated rings. The van der Waals surface area contributed by atoms with Gasteiger partial charge in [-0.3, -0.25) is 4.79 Å². The fraction of sp³-hybridized carbons (Fsp3) is 0.0714. The predicted octanol–water partition coefficient (Wildman–Crippen LogP) is 2.66. The number of aryl methyl sites for hydroxylation is 1. The van der Waals surface area contributed by atoms with Crippen molar-refractivity contribution in [1.29, 1.82) is 0 Å². The average molecular weight is 369 g/mol. The third-order valence-electron chi connectivity index (χ3n) is 2.85. The summed E-state index contributed by atoms with van der Waals surface area (Å²) in [6.07, 6.45) is 0. The average Bonchev–Trinajstić information content (AvgIpc) is 2.41. The monoisotopic (exact) mass is 368 g/mol. The van der Waals surface area contributed by atoms with Gasteiger partial charge in [-0.2, -0.15) is 0 Å². The van der Waals surface area contributed by atoms with Crippen molar-refractivity contribution in [2.75, 3.05) is 5.32 Å². The van der Waals surface area contributed by atoms with Crippen molar-refractivity contribution in [2.45, 2.75) is 11.8 Å². The van der Waals surface area contributed by atoms with Gasteiger partial charge in [-0.05, 0) is 42.8 Å². The van der Waals surface area contributed by atoms with Crippen molar-refractivity contribution < 1.29 is 13.2 Å². The molecule has 0 saturated carbocycles. The van der Waals surface area contributed by atoms with Gasteiger partial charge in [0.05, 0.1) is 4.90 Å². The minimum absolute atomic E-state index is 0.0506. The van der Waals surface area contributed by atoms with E-state index in [2.05, 4.69) is 21.2 Å². The van der Waals surface area contributed by atoms with Crippen LogP contribution in [-0.2, 0) is 10.0 Å². The van der Waals surface area contributed by atoms with Crippen LogP contribution in [-0.4, -0.2) is 14.3 Å². The lowest BCUT2D eigenvalue weighted by Gasteiger charge is -2.08. The molecule has 0 radical (unpaired) electrons. The Bertz CT molecular complexity index is 804. The molecule has 2 rings (SSSR count). The first-order valence-electron chi connectivity index (χ1n) is 5.98. The van der Waals surface area contributed by atoms with Crippen molar-refractivity contribution in [1.82, 2.24) is 0 Å².